The lowest BCUT2D eigenvalue weighted by atomic mass is 10.1. The van der Waals surface area contributed by atoms with E-state index < -0.39 is 11.7 Å². The SMILES string of the molecule is C=N/C=C(/C#Cc1cnc2[nH]ccc2c1)SCNC.CN(C)Cc1ccc(NC=O)cc1C(F)(F)F. The summed E-state index contributed by atoms with van der Waals surface area (Å²) in [5.74, 6) is 6.95. The van der Waals surface area contributed by atoms with Crippen molar-refractivity contribution >= 4 is 41.6 Å². The van der Waals surface area contributed by atoms with Gasteiger partial charge in [-0.25, -0.2) is 4.98 Å². The topological polar surface area (TPSA) is 85.4 Å². The number of aromatic amines is 1. The van der Waals surface area contributed by atoms with E-state index in [1.807, 2.05) is 25.4 Å². The fourth-order valence-electron chi connectivity index (χ4n) is 2.96. The predicted molar refractivity (Wildman–Crippen MR) is 141 cm³/mol. The van der Waals surface area contributed by atoms with Crippen molar-refractivity contribution in [3.63, 3.8) is 0 Å². The number of aromatic nitrogens is 2. The second-order valence-corrected chi connectivity index (χ2v) is 8.59. The molecule has 1 amide bonds. The van der Waals surface area contributed by atoms with Crippen molar-refractivity contribution in [2.45, 2.75) is 12.7 Å². The molecule has 0 bridgehead atoms. The van der Waals surface area contributed by atoms with Gasteiger partial charge in [0.1, 0.15) is 5.65 Å². The lowest BCUT2D eigenvalue weighted by Gasteiger charge is -2.17. The van der Waals surface area contributed by atoms with Crippen LogP contribution in [0.15, 0.2) is 58.8 Å². The minimum Gasteiger partial charge on any atom is -0.346 e. The molecule has 0 aliphatic heterocycles. The first kappa shape index (κ1) is 28.6. The van der Waals surface area contributed by atoms with Crippen LogP contribution in [0, 0.1) is 11.8 Å². The molecule has 3 rings (SSSR count). The minimum absolute atomic E-state index is 0.134. The second kappa shape index (κ2) is 14.1. The van der Waals surface area contributed by atoms with Crippen LogP contribution >= 0.6 is 11.8 Å². The first-order valence-corrected chi connectivity index (χ1v) is 11.6. The number of amides is 1. The van der Waals surface area contributed by atoms with Gasteiger partial charge in [-0.15, -0.1) is 11.8 Å². The molecule has 190 valence electrons. The van der Waals surface area contributed by atoms with E-state index in [4.69, 9.17) is 0 Å². The third-order valence-corrected chi connectivity index (χ3v) is 5.39. The molecule has 0 fully saturated rings. The molecule has 1 aromatic carbocycles. The summed E-state index contributed by atoms with van der Waals surface area (Å²) in [6.07, 6.45) is 1.21. The molecule has 0 saturated carbocycles. The average Bonchev–Trinajstić information content (AvgIpc) is 3.29. The highest BCUT2D eigenvalue weighted by atomic mass is 32.2. The summed E-state index contributed by atoms with van der Waals surface area (Å²) in [7, 11) is 5.28. The molecule has 0 radical (unpaired) electrons. The zero-order valence-corrected chi connectivity index (χ0v) is 20.9. The van der Waals surface area contributed by atoms with Gasteiger partial charge < -0.3 is 20.5 Å². The van der Waals surface area contributed by atoms with E-state index >= 15 is 0 Å². The van der Waals surface area contributed by atoms with Crippen molar-refractivity contribution in [1.82, 2.24) is 20.2 Å². The van der Waals surface area contributed by atoms with Gasteiger partial charge in [-0.2, -0.15) is 13.2 Å². The minimum atomic E-state index is -4.42. The number of rotatable bonds is 8. The van der Waals surface area contributed by atoms with Crippen molar-refractivity contribution in [2.24, 2.45) is 4.99 Å². The molecule has 2 heterocycles. The molecule has 0 saturated heterocycles. The molecule has 0 aliphatic carbocycles. The molecule has 11 heteroatoms. The quantitative estimate of drug-likeness (QED) is 0.175. The Bertz CT molecular complexity index is 1260. The van der Waals surface area contributed by atoms with Crippen LogP contribution in [0.3, 0.4) is 0 Å². The van der Waals surface area contributed by atoms with Gasteiger partial charge in [0.2, 0.25) is 6.41 Å². The van der Waals surface area contributed by atoms with Crippen molar-refractivity contribution in [3.8, 4) is 11.8 Å². The van der Waals surface area contributed by atoms with Crippen LogP contribution in [-0.2, 0) is 17.5 Å². The largest absolute Gasteiger partial charge is 0.416 e. The summed E-state index contributed by atoms with van der Waals surface area (Å²) in [5, 5.41) is 6.32. The van der Waals surface area contributed by atoms with Gasteiger partial charge in [0.05, 0.1) is 10.5 Å². The fraction of sp³-hybridized carbons (Fsp3) is 0.240. The van der Waals surface area contributed by atoms with Crippen molar-refractivity contribution < 1.29 is 18.0 Å². The maximum atomic E-state index is 12.8. The van der Waals surface area contributed by atoms with Crippen LogP contribution in [0.1, 0.15) is 16.7 Å². The van der Waals surface area contributed by atoms with Gasteiger partial charge in [-0.3, -0.25) is 9.79 Å². The van der Waals surface area contributed by atoms with Gasteiger partial charge in [-0.1, -0.05) is 17.9 Å². The molecule has 0 atom stereocenters. The number of benzene rings is 1. The molecule has 36 heavy (non-hydrogen) atoms. The Hall–Kier alpha value is -3.59. The number of halogens is 3. The van der Waals surface area contributed by atoms with Gasteiger partial charge in [-0.05, 0) is 57.7 Å². The lowest BCUT2D eigenvalue weighted by Crippen LogP contribution is -2.16. The van der Waals surface area contributed by atoms with E-state index in [9.17, 15) is 18.0 Å². The molecule has 0 unspecified atom stereocenters. The zero-order valence-electron chi connectivity index (χ0n) is 20.1. The van der Waals surface area contributed by atoms with Crippen molar-refractivity contribution in [3.05, 3.63) is 70.5 Å². The van der Waals surface area contributed by atoms with Crippen LogP contribution in [-0.4, -0.2) is 55.0 Å². The summed E-state index contributed by atoms with van der Waals surface area (Å²) >= 11 is 1.59. The molecule has 3 aromatic rings. The smallest absolute Gasteiger partial charge is 0.346 e. The maximum Gasteiger partial charge on any atom is 0.416 e. The average molecular weight is 517 g/mol. The number of H-pyrrole nitrogens is 1. The summed E-state index contributed by atoms with van der Waals surface area (Å²) in [5.41, 5.74) is 1.34. The molecule has 2 aromatic heterocycles. The van der Waals surface area contributed by atoms with Gasteiger partial charge in [0.15, 0.2) is 0 Å². The van der Waals surface area contributed by atoms with Gasteiger partial charge in [0.25, 0.3) is 0 Å². The number of pyridine rings is 1. The standard InChI is InChI=1S/C14H14N4S.C11H13F3N2O/c1-15-9-13(19-10-16-2)4-3-11-7-12-5-6-17-14(12)18-8-11;1-16(2)6-8-3-4-9(15-7-17)5-10(8)11(12,13)14/h5-9,16H,1,10H2,2H3,(H,17,18);3-5,7H,6H2,1-2H3,(H,15,17)/b13-9-;. The first-order chi connectivity index (χ1) is 17.2. The number of alkyl halides is 3. The molecular weight excluding hydrogens is 489 g/mol. The van der Waals surface area contributed by atoms with Crippen LogP contribution < -0.4 is 10.6 Å². The summed E-state index contributed by atoms with van der Waals surface area (Å²) in [6, 6.07) is 7.74. The fourth-order valence-corrected chi connectivity index (χ4v) is 3.53. The number of fused-ring (bicyclic) bond motifs is 1. The third kappa shape index (κ3) is 9.22. The van der Waals surface area contributed by atoms with E-state index in [0.717, 1.165) is 33.4 Å². The molecular formula is C25H27F3N6OS. The summed E-state index contributed by atoms with van der Waals surface area (Å²) < 4.78 is 38.4. The first-order valence-electron chi connectivity index (χ1n) is 10.6. The number of hydrogen-bond donors (Lipinski definition) is 3. The van der Waals surface area contributed by atoms with Crippen LogP contribution in [0.2, 0.25) is 0 Å². The summed E-state index contributed by atoms with van der Waals surface area (Å²) in [6.45, 7) is 3.64. The highest BCUT2D eigenvalue weighted by molar-refractivity contribution is 8.03. The second-order valence-electron chi connectivity index (χ2n) is 7.58. The number of nitrogens with one attached hydrogen (secondary N) is 3. The normalized spacial score (nSPS) is 11.4. The van der Waals surface area contributed by atoms with Gasteiger partial charge in [0, 0.05) is 47.7 Å². The summed E-state index contributed by atoms with van der Waals surface area (Å²) in [4.78, 5) is 23.8. The molecule has 3 N–H and O–H groups in total. The predicted octanol–water partition coefficient (Wildman–Crippen LogP) is 4.70. The van der Waals surface area contributed by atoms with Crippen molar-refractivity contribution in [1.29, 1.82) is 0 Å². The number of nitrogens with zero attached hydrogens (tertiary/aromatic N) is 3. The van der Waals surface area contributed by atoms with Crippen LogP contribution in [0.5, 0.6) is 0 Å². The Morgan fingerprint density at radius 3 is 2.72 bits per heavy atom. The van der Waals surface area contributed by atoms with E-state index in [1.54, 1.807) is 43.2 Å². The molecule has 7 nitrogen and oxygen atoms in total. The van der Waals surface area contributed by atoms with Crippen molar-refractivity contribution in [2.75, 3.05) is 32.3 Å². The Morgan fingerprint density at radius 2 is 2.08 bits per heavy atom. The highest BCUT2D eigenvalue weighted by Crippen LogP contribution is 2.34. The van der Waals surface area contributed by atoms with E-state index in [0.29, 0.717) is 6.41 Å². The Balaban J connectivity index is 0.000000255. The zero-order chi connectivity index (χ0) is 26.6. The Labute approximate surface area is 212 Å². The third-order valence-electron chi connectivity index (χ3n) is 4.44. The van der Waals surface area contributed by atoms with E-state index in [1.165, 1.54) is 12.1 Å². The number of anilines is 1. The molecule has 0 aliphatic rings. The van der Waals surface area contributed by atoms with Gasteiger partial charge >= 0.3 is 6.18 Å². The number of aliphatic imine (C=N–C) groups is 1. The monoisotopic (exact) mass is 516 g/mol. The molecule has 0 spiro atoms. The van der Waals surface area contributed by atoms with E-state index in [2.05, 4.69) is 44.2 Å². The Morgan fingerprint density at radius 1 is 1.31 bits per heavy atom. The number of allylic oxidation sites excluding steroid dienone is 1. The maximum absolute atomic E-state index is 12.8. The highest BCUT2D eigenvalue weighted by Gasteiger charge is 2.33. The lowest BCUT2D eigenvalue weighted by molar-refractivity contribution is -0.138. The van der Waals surface area contributed by atoms with Crippen LogP contribution in [0.4, 0.5) is 18.9 Å². The number of thioether (sulfide) groups is 1. The number of carbonyl (C=O) groups is 1. The van der Waals surface area contributed by atoms with E-state index in [-0.39, 0.29) is 17.8 Å². The number of hydrogen-bond acceptors (Lipinski definition) is 6. The van der Waals surface area contributed by atoms with Crippen LogP contribution in [0.25, 0.3) is 11.0 Å². The Kier molecular flexibility index (Phi) is 11.2. The number of carbonyl (C=O) groups excluding carboxylic acids is 1.